The molecule has 0 radical (unpaired) electrons. The van der Waals surface area contributed by atoms with Crippen LogP contribution in [0.15, 0.2) is 66.7 Å². The van der Waals surface area contributed by atoms with Crippen LogP contribution in [0.5, 0.6) is 11.5 Å². The van der Waals surface area contributed by atoms with Crippen LogP contribution in [0, 0.1) is 23.4 Å². The van der Waals surface area contributed by atoms with E-state index in [1.807, 2.05) is 30.3 Å². The number of para-hydroxylation sites is 1. The molecule has 0 unspecified atom stereocenters. The van der Waals surface area contributed by atoms with Gasteiger partial charge >= 0.3 is 0 Å². The molecule has 2 fully saturated rings. The molecule has 2 aliphatic rings. The number of rotatable bonds is 8. The van der Waals surface area contributed by atoms with Gasteiger partial charge in [-0.25, -0.2) is 13.2 Å². The Morgan fingerprint density at radius 3 is 2.34 bits per heavy atom. The highest BCUT2D eigenvalue weighted by molar-refractivity contribution is 5.32. The van der Waals surface area contributed by atoms with Crippen LogP contribution in [0.1, 0.15) is 24.0 Å². The van der Waals surface area contributed by atoms with Gasteiger partial charge in [-0.05, 0) is 48.2 Å². The molecule has 7 heteroatoms. The van der Waals surface area contributed by atoms with Crippen molar-refractivity contribution in [2.24, 2.45) is 5.92 Å². The molecule has 184 valence electrons. The predicted molar refractivity (Wildman–Crippen MR) is 126 cm³/mol. The summed E-state index contributed by atoms with van der Waals surface area (Å²) in [5, 5.41) is 11.1. The molecule has 3 aromatic carbocycles. The van der Waals surface area contributed by atoms with E-state index in [1.54, 1.807) is 18.2 Å². The standard InChI is InChI=1S/C28H28F3NO3/c29-23-8-4-5-9-26(23)35-22-14-21-16-32(18-28(21,33)15-22)11-10-20-12-24(30)27(25(31)13-20)34-17-19-6-2-1-3-7-19/h1-9,12-13,21-22,33H,10-11,14-18H2/t21-,22+,28-/m1/s1. The average Bonchev–Trinajstić information content (AvgIpc) is 3.29. The molecule has 0 bridgehead atoms. The number of nitrogens with zero attached hydrogens (tertiary/aromatic N) is 1. The molecule has 0 spiro atoms. The van der Waals surface area contributed by atoms with Gasteiger partial charge in [-0.15, -0.1) is 0 Å². The summed E-state index contributed by atoms with van der Waals surface area (Å²) >= 11 is 0. The van der Waals surface area contributed by atoms with Crippen molar-refractivity contribution in [3.63, 3.8) is 0 Å². The van der Waals surface area contributed by atoms with Crippen LogP contribution in [0.3, 0.4) is 0 Å². The van der Waals surface area contributed by atoms with Crippen molar-refractivity contribution in [1.82, 2.24) is 4.90 Å². The maximum Gasteiger partial charge on any atom is 0.191 e. The van der Waals surface area contributed by atoms with Crippen LogP contribution in [0.25, 0.3) is 0 Å². The fraction of sp³-hybridized carbons (Fsp3) is 0.357. The van der Waals surface area contributed by atoms with E-state index >= 15 is 0 Å². The summed E-state index contributed by atoms with van der Waals surface area (Å²) in [6.45, 7) is 1.78. The molecular weight excluding hydrogens is 455 g/mol. The number of aliphatic hydroxyl groups is 1. The minimum Gasteiger partial charge on any atom is -0.487 e. The Labute approximate surface area is 202 Å². The summed E-state index contributed by atoms with van der Waals surface area (Å²) in [5.41, 5.74) is 0.466. The highest BCUT2D eigenvalue weighted by atomic mass is 19.1. The Bertz CT molecular complexity index is 1150. The molecule has 1 heterocycles. The Morgan fingerprint density at radius 2 is 1.63 bits per heavy atom. The third kappa shape index (κ3) is 5.31. The molecule has 1 N–H and O–H groups in total. The molecule has 5 rings (SSSR count). The van der Waals surface area contributed by atoms with Gasteiger partial charge < -0.3 is 14.6 Å². The normalized spacial score (nSPS) is 23.9. The molecule has 1 saturated heterocycles. The lowest BCUT2D eigenvalue weighted by Gasteiger charge is -2.23. The van der Waals surface area contributed by atoms with E-state index in [0.717, 1.165) is 5.56 Å². The number of hydrogen-bond acceptors (Lipinski definition) is 4. The first-order valence-corrected chi connectivity index (χ1v) is 11.9. The lowest BCUT2D eigenvalue weighted by molar-refractivity contribution is 0.0218. The molecular formula is C28H28F3NO3. The molecule has 0 aromatic heterocycles. The summed E-state index contributed by atoms with van der Waals surface area (Å²) in [5.74, 6) is -2.00. The molecule has 3 atom stereocenters. The number of fused-ring (bicyclic) bond motifs is 1. The lowest BCUT2D eigenvalue weighted by Crippen LogP contribution is -2.36. The zero-order chi connectivity index (χ0) is 24.4. The van der Waals surface area contributed by atoms with Crippen LogP contribution >= 0.6 is 0 Å². The Kier molecular flexibility index (Phi) is 6.71. The molecule has 35 heavy (non-hydrogen) atoms. The minimum absolute atomic E-state index is 0.0153. The average molecular weight is 484 g/mol. The maximum atomic E-state index is 14.6. The molecule has 1 aliphatic heterocycles. The number of likely N-dealkylation sites (tertiary alicyclic amines) is 1. The second kappa shape index (κ2) is 9.91. The van der Waals surface area contributed by atoms with Crippen molar-refractivity contribution < 1.29 is 27.8 Å². The van der Waals surface area contributed by atoms with Crippen molar-refractivity contribution in [1.29, 1.82) is 0 Å². The zero-order valence-corrected chi connectivity index (χ0v) is 19.3. The molecule has 0 amide bonds. The van der Waals surface area contributed by atoms with Gasteiger partial charge in [-0.3, -0.25) is 4.90 Å². The topological polar surface area (TPSA) is 41.9 Å². The fourth-order valence-electron chi connectivity index (χ4n) is 5.27. The van der Waals surface area contributed by atoms with E-state index in [0.29, 0.717) is 44.5 Å². The highest BCUT2D eigenvalue weighted by Gasteiger charge is 2.52. The second-order valence-electron chi connectivity index (χ2n) is 9.56. The van der Waals surface area contributed by atoms with Crippen LogP contribution in [0.4, 0.5) is 13.2 Å². The van der Waals surface area contributed by atoms with Gasteiger partial charge in [0.05, 0.1) is 5.60 Å². The number of hydrogen-bond donors (Lipinski definition) is 1. The highest BCUT2D eigenvalue weighted by Crippen LogP contribution is 2.43. The van der Waals surface area contributed by atoms with E-state index in [2.05, 4.69) is 4.90 Å². The SMILES string of the molecule is O[C@@]12C[C@@H](Oc3ccccc3F)C[C@@H]1CN(CCc1cc(F)c(OCc3ccccc3)c(F)c1)C2. The van der Waals surface area contributed by atoms with Crippen LogP contribution in [-0.2, 0) is 13.0 Å². The Morgan fingerprint density at radius 1 is 0.914 bits per heavy atom. The summed E-state index contributed by atoms with van der Waals surface area (Å²) in [7, 11) is 0. The third-order valence-corrected chi connectivity index (χ3v) is 7.00. The first kappa shape index (κ1) is 23.7. The Balaban J connectivity index is 1.14. The largest absolute Gasteiger partial charge is 0.487 e. The van der Waals surface area contributed by atoms with Gasteiger partial charge in [0.1, 0.15) is 12.7 Å². The molecule has 4 nitrogen and oxygen atoms in total. The lowest BCUT2D eigenvalue weighted by atomic mass is 9.95. The van der Waals surface area contributed by atoms with Crippen molar-refractivity contribution in [3.8, 4) is 11.5 Å². The van der Waals surface area contributed by atoms with Gasteiger partial charge in [0, 0.05) is 32.0 Å². The Hall–Kier alpha value is -3.03. The van der Waals surface area contributed by atoms with Gasteiger partial charge in [0.2, 0.25) is 0 Å². The van der Waals surface area contributed by atoms with Gasteiger partial charge in [0.25, 0.3) is 0 Å². The zero-order valence-electron chi connectivity index (χ0n) is 19.3. The number of ether oxygens (including phenoxy) is 2. The van der Waals surface area contributed by atoms with E-state index in [9.17, 15) is 18.3 Å². The van der Waals surface area contributed by atoms with E-state index in [4.69, 9.17) is 9.47 Å². The van der Waals surface area contributed by atoms with Gasteiger partial charge in [-0.2, -0.15) is 0 Å². The van der Waals surface area contributed by atoms with Gasteiger partial charge in [-0.1, -0.05) is 42.5 Å². The third-order valence-electron chi connectivity index (χ3n) is 7.00. The number of β-amino-alcohol motifs (C(OH)–C–C–N with tert-alkyl or cyclic N) is 1. The van der Waals surface area contributed by atoms with Gasteiger partial charge in [0.15, 0.2) is 29.0 Å². The number of benzene rings is 3. The van der Waals surface area contributed by atoms with E-state index < -0.39 is 23.1 Å². The minimum atomic E-state index is -0.901. The first-order chi connectivity index (χ1) is 16.9. The molecule has 3 aromatic rings. The fourth-order valence-corrected chi connectivity index (χ4v) is 5.27. The quantitative estimate of drug-likeness (QED) is 0.483. The van der Waals surface area contributed by atoms with Crippen molar-refractivity contribution in [3.05, 3.63) is 95.3 Å². The van der Waals surface area contributed by atoms with Crippen LogP contribution < -0.4 is 9.47 Å². The van der Waals surface area contributed by atoms with Crippen molar-refractivity contribution >= 4 is 0 Å². The summed E-state index contributed by atoms with van der Waals surface area (Å²) in [6, 6.07) is 18.1. The number of halogens is 3. The summed E-state index contributed by atoms with van der Waals surface area (Å²) < 4.78 is 54.2. The van der Waals surface area contributed by atoms with Crippen molar-refractivity contribution in [2.75, 3.05) is 19.6 Å². The molecule has 1 saturated carbocycles. The van der Waals surface area contributed by atoms with E-state index in [1.165, 1.54) is 18.2 Å². The smallest absolute Gasteiger partial charge is 0.191 e. The monoisotopic (exact) mass is 483 g/mol. The summed E-state index contributed by atoms with van der Waals surface area (Å²) in [6.07, 6.45) is 1.28. The van der Waals surface area contributed by atoms with Crippen LogP contribution in [-0.4, -0.2) is 41.3 Å². The van der Waals surface area contributed by atoms with Crippen LogP contribution in [0.2, 0.25) is 0 Å². The second-order valence-corrected chi connectivity index (χ2v) is 9.56. The summed E-state index contributed by atoms with van der Waals surface area (Å²) in [4.78, 5) is 2.11. The predicted octanol–water partition coefficient (Wildman–Crippen LogP) is 5.13. The first-order valence-electron chi connectivity index (χ1n) is 11.9. The maximum absolute atomic E-state index is 14.6. The van der Waals surface area contributed by atoms with E-state index in [-0.39, 0.29) is 30.1 Å². The molecule has 1 aliphatic carbocycles. The van der Waals surface area contributed by atoms with Crippen molar-refractivity contribution in [2.45, 2.75) is 37.6 Å².